The molecule has 0 fully saturated rings. The maximum absolute atomic E-state index is 5.82. The van der Waals surface area contributed by atoms with Crippen molar-refractivity contribution in [2.24, 2.45) is 4.99 Å². The van der Waals surface area contributed by atoms with Gasteiger partial charge < -0.3 is 20.1 Å². The van der Waals surface area contributed by atoms with Crippen LogP contribution in [0.3, 0.4) is 0 Å². The number of rotatable bonds is 8. The van der Waals surface area contributed by atoms with Gasteiger partial charge in [0.1, 0.15) is 24.8 Å². The predicted molar refractivity (Wildman–Crippen MR) is 113 cm³/mol. The highest BCUT2D eigenvalue weighted by atomic mass is 16.5. The fraction of sp³-hybridized carbons (Fsp3) is 0.571. The van der Waals surface area contributed by atoms with Crippen molar-refractivity contribution >= 4 is 5.96 Å². The number of methoxy groups -OCH3 is 1. The van der Waals surface area contributed by atoms with Crippen LogP contribution in [-0.2, 0) is 24.3 Å². The van der Waals surface area contributed by atoms with Gasteiger partial charge in [0, 0.05) is 26.6 Å². The molecular weight excluding hydrogens is 368 g/mol. The molecule has 1 aliphatic heterocycles. The van der Waals surface area contributed by atoms with E-state index < -0.39 is 0 Å². The fourth-order valence-electron chi connectivity index (χ4n) is 3.34. The van der Waals surface area contributed by atoms with Crippen molar-refractivity contribution < 1.29 is 9.47 Å². The van der Waals surface area contributed by atoms with Gasteiger partial charge in [-0.25, -0.2) is 9.67 Å². The van der Waals surface area contributed by atoms with Gasteiger partial charge in [0.25, 0.3) is 0 Å². The number of benzene rings is 1. The minimum absolute atomic E-state index is 0.260. The van der Waals surface area contributed by atoms with E-state index in [4.69, 9.17) is 9.47 Å². The predicted octanol–water partition coefficient (Wildman–Crippen LogP) is 2.11. The number of aliphatic imine (C=N–C) groups is 1. The van der Waals surface area contributed by atoms with Gasteiger partial charge in [0.15, 0.2) is 11.8 Å². The summed E-state index contributed by atoms with van der Waals surface area (Å²) in [6.45, 7) is 6.83. The first-order valence-electron chi connectivity index (χ1n) is 10.2. The Balaban J connectivity index is 1.41. The average Bonchev–Trinajstić information content (AvgIpc) is 3.12. The third-order valence-electron chi connectivity index (χ3n) is 4.95. The summed E-state index contributed by atoms with van der Waals surface area (Å²) in [5.74, 6) is 3.95. The second-order valence-corrected chi connectivity index (χ2v) is 7.51. The van der Waals surface area contributed by atoms with Crippen molar-refractivity contribution in [2.75, 3.05) is 27.3 Å². The molecular formula is C21H32N6O2. The molecule has 158 valence electrons. The molecule has 0 aliphatic carbocycles. The van der Waals surface area contributed by atoms with Crippen LogP contribution >= 0.6 is 0 Å². The molecule has 2 N–H and O–H groups in total. The molecule has 0 amide bonds. The van der Waals surface area contributed by atoms with Gasteiger partial charge in [-0.2, -0.15) is 5.10 Å². The zero-order valence-electron chi connectivity index (χ0n) is 17.8. The molecule has 1 aromatic carbocycles. The lowest BCUT2D eigenvalue weighted by Gasteiger charge is -2.25. The van der Waals surface area contributed by atoms with E-state index in [0.717, 1.165) is 42.7 Å². The van der Waals surface area contributed by atoms with Crippen LogP contribution in [0.5, 0.6) is 5.75 Å². The van der Waals surface area contributed by atoms with Crippen molar-refractivity contribution in [3.63, 3.8) is 0 Å². The number of fused-ring (bicyclic) bond motifs is 1. The number of hydrogen-bond acceptors (Lipinski definition) is 5. The van der Waals surface area contributed by atoms with Gasteiger partial charge in [0.05, 0.1) is 13.1 Å². The SMILES string of the molecule is CN=C(NCCOc1ccc(C(C)C)cc1)NC1CCc2nc(COC)nn2C1. The van der Waals surface area contributed by atoms with Crippen LogP contribution in [0.15, 0.2) is 29.3 Å². The highest BCUT2D eigenvalue weighted by molar-refractivity contribution is 5.79. The summed E-state index contributed by atoms with van der Waals surface area (Å²) >= 11 is 0. The highest BCUT2D eigenvalue weighted by Gasteiger charge is 2.22. The molecule has 1 aromatic heterocycles. The molecule has 0 bridgehead atoms. The Labute approximate surface area is 172 Å². The highest BCUT2D eigenvalue weighted by Crippen LogP contribution is 2.18. The number of guanidine groups is 1. The number of nitrogens with one attached hydrogen (secondary N) is 2. The zero-order valence-corrected chi connectivity index (χ0v) is 17.8. The Morgan fingerprint density at radius 2 is 2.10 bits per heavy atom. The second-order valence-electron chi connectivity index (χ2n) is 7.51. The summed E-state index contributed by atoms with van der Waals surface area (Å²) in [5.41, 5.74) is 1.32. The molecule has 0 saturated heterocycles. The van der Waals surface area contributed by atoms with Crippen LogP contribution in [0.4, 0.5) is 0 Å². The lowest BCUT2D eigenvalue weighted by Crippen LogP contribution is -2.47. The maximum atomic E-state index is 5.82. The Kier molecular flexibility index (Phi) is 7.46. The normalized spacial score (nSPS) is 16.6. The Morgan fingerprint density at radius 3 is 2.79 bits per heavy atom. The van der Waals surface area contributed by atoms with E-state index in [1.807, 2.05) is 16.8 Å². The van der Waals surface area contributed by atoms with E-state index in [1.54, 1.807) is 14.2 Å². The van der Waals surface area contributed by atoms with Crippen molar-refractivity contribution in [3.8, 4) is 5.75 Å². The molecule has 0 saturated carbocycles. The molecule has 8 heteroatoms. The fourth-order valence-corrected chi connectivity index (χ4v) is 3.34. The summed E-state index contributed by atoms with van der Waals surface area (Å²) in [6.07, 6.45) is 1.88. The standard InChI is InChI=1S/C21H32N6O2/c1-15(2)16-5-8-18(9-6-16)29-12-11-23-21(22-3)24-17-7-10-20-25-19(14-28-4)26-27(20)13-17/h5-6,8-9,15,17H,7,10-14H2,1-4H3,(H2,22,23,24). The molecule has 0 spiro atoms. The van der Waals surface area contributed by atoms with E-state index in [1.165, 1.54) is 5.56 Å². The zero-order chi connectivity index (χ0) is 20.6. The third-order valence-corrected chi connectivity index (χ3v) is 4.95. The smallest absolute Gasteiger partial charge is 0.191 e. The minimum Gasteiger partial charge on any atom is -0.492 e. The van der Waals surface area contributed by atoms with Crippen molar-refractivity contribution in [1.82, 2.24) is 25.4 Å². The van der Waals surface area contributed by atoms with Crippen LogP contribution in [0.2, 0.25) is 0 Å². The number of aryl methyl sites for hydroxylation is 1. The van der Waals surface area contributed by atoms with Crippen LogP contribution in [0, 0.1) is 0 Å². The van der Waals surface area contributed by atoms with Crippen LogP contribution in [0.25, 0.3) is 0 Å². The maximum Gasteiger partial charge on any atom is 0.191 e. The van der Waals surface area contributed by atoms with E-state index in [-0.39, 0.29) is 6.04 Å². The first-order chi connectivity index (χ1) is 14.1. The number of hydrogen-bond donors (Lipinski definition) is 2. The van der Waals surface area contributed by atoms with Crippen LogP contribution in [0.1, 0.15) is 43.4 Å². The Bertz CT molecular complexity index is 800. The molecule has 2 aromatic rings. The number of nitrogens with zero attached hydrogens (tertiary/aromatic N) is 4. The number of aromatic nitrogens is 3. The Morgan fingerprint density at radius 1 is 1.31 bits per heavy atom. The lowest BCUT2D eigenvalue weighted by atomic mass is 10.0. The molecule has 2 heterocycles. The molecule has 29 heavy (non-hydrogen) atoms. The summed E-state index contributed by atoms with van der Waals surface area (Å²) in [7, 11) is 3.44. The quantitative estimate of drug-likeness (QED) is 0.401. The molecule has 1 atom stereocenters. The minimum atomic E-state index is 0.260. The summed E-state index contributed by atoms with van der Waals surface area (Å²) in [6, 6.07) is 8.55. The summed E-state index contributed by atoms with van der Waals surface area (Å²) in [4.78, 5) is 8.84. The largest absolute Gasteiger partial charge is 0.492 e. The molecule has 0 radical (unpaired) electrons. The molecule has 1 unspecified atom stereocenters. The monoisotopic (exact) mass is 400 g/mol. The molecule has 1 aliphatic rings. The average molecular weight is 401 g/mol. The molecule has 8 nitrogen and oxygen atoms in total. The van der Waals surface area contributed by atoms with E-state index in [2.05, 4.69) is 51.7 Å². The molecule has 3 rings (SSSR count). The van der Waals surface area contributed by atoms with Gasteiger partial charge >= 0.3 is 0 Å². The van der Waals surface area contributed by atoms with Gasteiger partial charge in [0.2, 0.25) is 0 Å². The summed E-state index contributed by atoms with van der Waals surface area (Å²) < 4.78 is 12.9. The van der Waals surface area contributed by atoms with Crippen molar-refractivity contribution in [3.05, 3.63) is 41.5 Å². The van der Waals surface area contributed by atoms with Crippen molar-refractivity contribution in [2.45, 2.75) is 51.8 Å². The first-order valence-corrected chi connectivity index (χ1v) is 10.2. The van der Waals surface area contributed by atoms with Crippen LogP contribution in [-0.4, -0.2) is 54.1 Å². The Hall–Kier alpha value is -2.61. The van der Waals surface area contributed by atoms with Crippen LogP contribution < -0.4 is 15.4 Å². The number of ether oxygens (including phenoxy) is 2. The lowest BCUT2D eigenvalue weighted by molar-refractivity contribution is 0.177. The van der Waals surface area contributed by atoms with Gasteiger partial charge in [-0.05, 0) is 30.0 Å². The van der Waals surface area contributed by atoms with Gasteiger partial charge in [-0.3, -0.25) is 4.99 Å². The van der Waals surface area contributed by atoms with Crippen molar-refractivity contribution in [1.29, 1.82) is 0 Å². The van der Waals surface area contributed by atoms with E-state index in [0.29, 0.717) is 25.7 Å². The van der Waals surface area contributed by atoms with Gasteiger partial charge in [-0.1, -0.05) is 26.0 Å². The van der Waals surface area contributed by atoms with E-state index >= 15 is 0 Å². The first kappa shape index (κ1) is 21.1. The second kappa shape index (κ2) is 10.2. The summed E-state index contributed by atoms with van der Waals surface area (Å²) in [5, 5.41) is 11.3. The van der Waals surface area contributed by atoms with E-state index in [9.17, 15) is 0 Å². The van der Waals surface area contributed by atoms with Gasteiger partial charge in [-0.15, -0.1) is 0 Å². The topological polar surface area (TPSA) is 85.6 Å². The third kappa shape index (κ3) is 5.93.